The highest BCUT2D eigenvalue weighted by molar-refractivity contribution is 6.33. The number of benzene rings is 2. The van der Waals surface area contributed by atoms with Gasteiger partial charge in [-0.05, 0) is 61.7 Å². The number of para-hydroxylation sites is 1. The number of carbonyl (C=O) groups is 2. The molecular weight excluding hydrogens is 442 g/mol. The van der Waals surface area contributed by atoms with Gasteiger partial charge < -0.3 is 20.7 Å². The number of nitrogens with one attached hydrogen (secondary N) is 3. The summed E-state index contributed by atoms with van der Waals surface area (Å²) in [5.74, 6) is -0.126. The largest absolute Gasteiger partial charge is 0.466 e. The third-order valence-electron chi connectivity index (χ3n) is 5.54. The summed E-state index contributed by atoms with van der Waals surface area (Å²) in [4.78, 5) is 32.7. The molecule has 1 aliphatic rings. The van der Waals surface area contributed by atoms with E-state index in [-0.39, 0.29) is 5.92 Å². The quantitative estimate of drug-likeness (QED) is 0.370. The van der Waals surface area contributed by atoms with E-state index in [0.29, 0.717) is 22.0 Å². The van der Waals surface area contributed by atoms with E-state index in [1.54, 1.807) is 0 Å². The zero-order valence-electron chi connectivity index (χ0n) is 18.1. The van der Waals surface area contributed by atoms with Crippen molar-refractivity contribution < 1.29 is 14.3 Å². The van der Waals surface area contributed by atoms with Crippen molar-refractivity contribution in [3.63, 3.8) is 0 Å². The number of nitrogens with zero attached hydrogens (tertiary/aromatic N) is 2. The molecule has 33 heavy (non-hydrogen) atoms. The minimum Gasteiger partial charge on any atom is -0.466 e. The Morgan fingerprint density at radius 3 is 2.67 bits per heavy atom. The number of ether oxygens (including phenoxy) is 1. The van der Waals surface area contributed by atoms with Crippen LogP contribution in [0.15, 0.2) is 54.9 Å². The van der Waals surface area contributed by atoms with Crippen molar-refractivity contribution >= 4 is 51.6 Å². The van der Waals surface area contributed by atoms with E-state index in [0.717, 1.165) is 54.7 Å². The Labute approximate surface area is 196 Å². The van der Waals surface area contributed by atoms with Gasteiger partial charge in [0.1, 0.15) is 12.1 Å². The van der Waals surface area contributed by atoms with Gasteiger partial charge in [-0.3, -0.25) is 4.79 Å². The number of hydrogen-bond donors (Lipinski definition) is 3. The van der Waals surface area contributed by atoms with Gasteiger partial charge in [0.15, 0.2) is 0 Å². The van der Waals surface area contributed by atoms with Crippen molar-refractivity contribution in [2.75, 3.05) is 30.8 Å². The van der Waals surface area contributed by atoms with Gasteiger partial charge in [-0.1, -0.05) is 23.7 Å². The Bertz CT molecular complexity index is 1210. The lowest BCUT2D eigenvalue weighted by atomic mass is 9.88. The maximum atomic E-state index is 12.5. The molecule has 170 valence electrons. The van der Waals surface area contributed by atoms with Crippen molar-refractivity contribution in [2.45, 2.75) is 18.8 Å². The number of aromatic nitrogens is 2. The molecular formula is C24H24ClN5O3. The standard InChI is InChI=1S/C24H24ClN5O3/c1-33-23(32)7-6-22(31)29-21-13-20-17(12-16(21)15-8-10-26-11-9-15)24(28-14-27-20)30-19-5-3-2-4-18(19)25/h2-7,12-15,26H,8-11H2,1H3,(H,29,31)(H,27,28,30)/b7-6+. The molecule has 1 saturated heterocycles. The van der Waals surface area contributed by atoms with E-state index in [1.165, 1.54) is 13.4 Å². The first-order valence-electron chi connectivity index (χ1n) is 10.6. The second-order valence-electron chi connectivity index (χ2n) is 7.65. The number of piperidine rings is 1. The highest BCUT2D eigenvalue weighted by atomic mass is 35.5. The summed E-state index contributed by atoms with van der Waals surface area (Å²) >= 11 is 6.32. The van der Waals surface area contributed by atoms with Crippen LogP contribution in [0.2, 0.25) is 5.02 Å². The topological polar surface area (TPSA) is 105 Å². The molecule has 0 atom stereocenters. The second kappa shape index (κ2) is 10.4. The van der Waals surface area contributed by atoms with E-state index in [9.17, 15) is 9.59 Å². The summed E-state index contributed by atoms with van der Waals surface area (Å²) in [5, 5.41) is 11.0. The van der Waals surface area contributed by atoms with Crippen LogP contribution < -0.4 is 16.0 Å². The number of rotatable bonds is 6. The maximum absolute atomic E-state index is 12.5. The van der Waals surface area contributed by atoms with Crippen LogP contribution in [0.1, 0.15) is 24.3 Å². The van der Waals surface area contributed by atoms with Crippen LogP contribution in [0, 0.1) is 0 Å². The number of halogens is 1. The number of fused-ring (bicyclic) bond motifs is 1. The molecule has 0 aliphatic carbocycles. The van der Waals surface area contributed by atoms with E-state index < -0.39 is 11.9 Å². The third-order valence-corrected chi connectivity index (χ3v) is 5.87. The number of anilines is 3. The highest BCUT2D eigenvalue weighted by Gasteiger charge is 2.21. The van der Waals surface area contributed by atoms with Gasteiger partial charge in [0.05, 0.1) is 23.3 Å². The van der Waals surface area contributed by atoms with Crippen LogP contribution in [-0.2, 0) is 14.3 Å². The monoisotopic (exact) mass is 465 g/mol. The van der Waals surface area contributed by atoms with Gasteiger partial charge in [-0.25, -0.2) is 14.8 Å². The summed E-state index contributed by atoms with van der Waals surface area (Å²) in [6, 6.07) is 11.3. The zero-order chi connectivity index (χ0) is 23.2. The molecule has 4 rings (SSSR count). The minimum absolute atomic E-state index is 0.254. The molecule has 9 heteroatoms. The predicted octanol–water partition coefficient (Wildman–Crippen LogP) is 4.16. The van der Waals surface area contributed by atoms with Crippen LogP contribution in [0.25, 0.3) is 10.9 Å². The number of methoxy groups -OCH3 is 1. The van der Waals surface area contributed by atoms with Crippen LogP contribution in [0.4, 0.5) is 17.2 Å². The van der Waals surface area contributed by atoms with Crippen molar-refractivity contribution in [1.82, 2.24) is 15.3 Å². The van der Waals surface area contributed by atoms with Gasteiger partial charge in [-0.15, -0.1) is 0 Å². The van der Waals surface area contributed by atoms with Crippen LogP contribution >= 0.6 is 11.6 Å². The second-order valence-corrected chi connectivity index (χ2v) is 8.06. The Balaban J connectivity index is 1.74. The summed E-state index contributed by atoms with van der Waals surface area (Å²) in [6.07, 6.45) is 5.59. The Hall–Kier alpha value is -3.49. The first-order valence-corrected chi connectivity index (χ1v) is 11.0. The average molecular weight is 466 g/mol. The number of carbonyl (C=O) groups excluding carboxylic acids is 2. The summed E-state index contributed by atoms with van der Waals surface area (Å²) in [5.41, 5.74) is 3.08. The first-order chi connectivity index (χ1) is 16.0. The molecule has 2 aromatic carbocycles. The molecule has 0 unspecified atom stereocenters. The minimum atomic E-state index is -0.592. The SMILES string of the molecule is COC(=O)/C=C/C(=O)Nc1cc2ncnc(Nc3ccccc3Cl)c2cc1C1CCNCC1. The van der Waals surface area contributed by atoms with Crippen LogP contribution in [-0.4, -0.2) is 42.0 Å². The molecule has 3 aromatic rings. The molecule has 1 aromatic heterocycles. The van der Waals surface area contributed by atoms with Gasteiger partial charge in [0.2, 0.25) is 5.91 Å². The molecule has 0 saturated carbocycles. The molecule has 1 fully saturated rings. The van der Waals surface area contributed by atoms with E-state index in [4.69, 9.17) is 11.6 Å². The van der Waals surface area contributed by atoms with E-state index >= 15 is 0 Å². The summed E-state index contributed by atoms with van der Waals surface area (Å²) < 4.78 is 4.55. The van der Waals surface area contributed by atoms with Crippen molar-refractivity contribution in [1.29, 1.82) is 0 Å². The van der Waals surface area contributed by atoms with Crippen LogP contribution in [0.3, 0.4) is 0 Å². The molecule has 3 N–H and O–H groups in total. The third kappa shape index (κ3) is 5.47. The molecule has 8 nitrogen and oxygen atoms in total. The first kappa shape index (κ1) is 22.7. The Morgan fingerprint density at radius 2 is 1.91 bits per heavy atom. The number of hydrogen-bond acceptors (Lipinski definition) is 7. The van der Waals surface area contributed by atoms with Gasteiger partial charge >= 0.3 is 5.97 Å². The average Bonchev–Trinajstić information content (AvgIpc) is 2.84. The fourth-order valence-electron chi connectivity index (χ4n) is 3.87. The highest BCUT2D eigenvalue weighted by Crippen LogP contribution is 2.36. The maximum Gasteiger partial charge on any atom is 0.330 e. The summed E-state index contributed by atoms with van der Waals surface area (Å²) in [7, 11) is 1.26. The molecule has 0 spiro atoms. The lowest BCUT2D eigenvalue weighted by Crippen LogP contribution is -2.27. The van der Waals surface area contributed by atoms with Crippen molar-refractivity contribution in [3.05, 3.63) is 65.5 Å². The van der Waals surface area contributed by atoms with Crippen molar-refractivity contribution in [2.24, 2.45) is 0 Å². The summed E-state index contributed by atoms with van der Waals surface area (Å²) in [6.45, 7) is 1.79. The fraction of sp³-hybridized carbons (Fsp3) is 0.250. The predicted molar refractivity (Wildman–Crippen MR) is 129 cm³/mol. The lowest BCUT2D eigenvalue weighted by molar-refractivity contribution is -0.135. The molecule has 0 bridgehead atoms. The lowest BCUT2D eigenvalue weighted by Gasteiger charge is -2.26. The molecule has 0 radical (unpaired) electrons. The zero-order valence-corrected chi connectivity index (χ0v) is 18.9. The van der Waals surface area contributed by atoms with Crippen molar-refractivity contribution in [3.8, 4) is 0 Å². The molecule has 1 amide bonds. The van der Waals surface area contributed by atoms with Crippen LogP contribution in [0.5, 0.6) is 0 Å². The van der Waals surface area contributed by atoms with E-state index in [1.807, 2.05) is 36.4 Å². The van der Waals surface area contributed by atoms with E-state index in [2.05, 4.69) is 30.7 Å². The fourth-order valence-corrected chi connectivity index (χ4v) is 4.06. The number of amides is 1. The molecule has 1 aliphatic heterocycles. The number of esters is 1. The van der Waals surface area contributed by atoms with Gasteiger partial charge in [-0.2, -0.15) is 0 Å². The molecule has 2 heterocycles. The van der Waals surface area contributed by atoms with Gasteiger partial charge in [0, 0.05) is 23.2 Å². The Kier molecular flexibility index (Phi) is 7.16. The normalized spacial score (nSPS) is 14.4. The van der Waals surface area contributed by atoms with Gasteiger partial charge in [0.25, 0.3) is 0 Å². The Morgan fingerprint density at radius 1 is 1.12 bits per heavy atom. The smallest absolute Gasteiger partial charge is 0.330 e.